The van der Waals surface area contributed by atoms with Gasteiger partial charge in [0.25, 0.3) is 0 Å². The van der Waals surface area contributed by atoms with E-state index in [0.29, 0.717) is 24.8 Å². The minimum atomic E-state index is 0.0406. The molecule has 134 valence electrons. The second-order valence-electron chi connectivity index (χ2n) is 8.05. The molecule has 0 saturated carbocycles. The van der Waals surface area contributed by atoms with Crippen LogP contribution in [0.15, 0.2) is 4.52 Å². The number of nitrogens with zero attached hydrogens (tertiary/aromatic N) is 3. The second-order valence-corrected chi connectivity index (χ2v) is 8.05. The summed E-state index contributed by atoms with van der Waals surface area (Å²) in [4.78, 5) is 17.4. The van der Waals surface area contributed by atoms with Crippen molar-refractivity contribution in [1.29, 1.82) is 0 Å². The zero-order chi connectivity index (χ0) is 17.3. The molecule has 0 unspecified atom stereocenters. The molecular weight excluding hydrogens is 302 g/mol. The van der Waals surface area contributed by atoms with Gasteiger partial charge in [-0.2, -0.15) is 0 Å². The number of aryl methyl sites for hydroxylation is 2. The Kier molecular flexibility index (Phi) is 5.00. The zero-order valence-corrected chi connectivity index (χ0v) is 15.6. The molecular formula is C19H31N3O2. The van der Waals surface area contributed by atoms with Crippen LogP contribution in [-0.2, 0) is 11.3 Å². The van der Waals surface area contributed by atoms with Crippen LogP contribution in [0.4, 0.5) is 0 Å². The molecule has 2 fully saturated rings. The number of hydrogen-bond acceptors (Lipinski definition) is 4. The van der Waals surface area contributed by atoms with Gasteiger partial charge in [0.2, 0.25) is 5.91 Å². The maximum atomic E-state index is 12.6. The minimum absolute atomic E-state index is 0.0406. The topological polar surface area (TPSA) is 49.6 Å². The van der Waals surface area contributed by atoms with Crippen LogP contribution in [0.5, 0.6) is 0 Å². The van der Waals surface area contributed by atoms with Gasteiger partial charge in [-0.3, -0.25) is 4.79 Å². The summed E-state index contributed by atoms with van der Waals surface area (Å²) in [5, 5.41) is 4.06. The van der Waals surface area contributed by atoms with Gasteiger partial charge in [-0.05, 0) is 52.0 Å². The lowest BCUT2D eigenvalue weighted by Crippen LogP contribution is -2.46. The van der Waals surface area contributed by atoms with E-state index in [4.69, 9.17) is 4.52 Å². The third-order valence-corrected chi connectivity index (χ3v) is 5.81. The zero-order valence-electron chi connectivity index (χ0n) is 15.6. The molecule has 1 aromatic heterocycles. The van der Waals surface area contributed by atoms with Crippen molar-refractivity contribution in [3.63, 3.8) is 0 Å². The van der Waals surface area contributed by atoms with Crippen LogP contribution in [0.3, 0.4) is 0 Å². The molecule has 0 bridgehead atoms. The smallest absolute Gasteiger partial charge is 0.223 e. The van der Waals surface area contributed by atoms with Crippen molar-refractivity contribution in [2.75, 3.05) is 19.6 Å². The number of amides is 1. The Labute approximate surface area is 145 Å². The van der Waals surface area contributed by atoms with Crippen molar-refractivity contribution >= 4 is 5.91 Å². The van der Waals surface area contributed by atoms with E-state index >= 15 is 0 Å². The molecule has 5 heteroatoms. The molecule has 2 aliphatic rings. The fraction of sp³-hybridized carbons (Fsp3) is 0.789. The predicted octanol–water partition coefficient (Wildman–Crippen LogP) is 3.29. The molecule has 1 aromatic rings. The number of rotatable bonds is 4. The second kappa shape index (κ2) is 6.87. The van der Waals surface area contributed by atoms with Gasteiger partial charge in [0.1, 0.15) is 5.76 Å². The highest BCUT2D eigenvalue weighted by Crippen LogP contribution is 2.40. The standard InChI is InChI=1S/C19H31N3O2/c1-14(2)12-21-10-5-7-19(9-11-21)8-6-18(23)22(19)13-17-15(3)20-24-16(17)4/h14H,5-13H2,1-4H3/t19-/m1/s1. The van der Waals surface area contributed by atoms with Gasteiger partial charge in [0, 0.05) is 30.6 Å². The largest absolute Gasteiger partial charge is 0.361 e. The van der Waals surface area contributed by atoms with Crippen molar-refractivity contribution in [2.24, 2.45) is 5.92 Å². The molecule has 0 aromatic carbocycles. The molecule has 24 heavy (non-hydrogen) atoms. The number of carbonyl (C=O) groups is 1. The summed E-state index contributed by atoms with van der Waals surface area (Å²) >= 11 is 0. The Morgan fingerprint density at radius 1 is 1.21 bits per heavy atom. The molecule has 1 atom stereocenters. The third kappa shape index (κ3) is 3.37. The maximum absolute atomic E-state index is 12.6. The molecule has 5 nitrogen and oxygen atoms in total. The highest BCUT2D eigenvalue weighted by Gasteiger charge is 2.46. The fourth-order valence-corrected chi connectivity index (χ4v) is 4.47. The highest BCUT2D eigenvalue weighted by atomic mass is 16.5. The van der Waals surface area contributed by atoms with Crippen LogP contribution >= 0.6 is 0 Å². The molecule has 1 amide bonds. The van der Waals surface area contributed by atoms with Gasteiger partial charge in [0.05, 0.1) is 12.2 Å². The third-order valence-electron chi connectivity index (χ3n) is 5.81. The first-order valence-electron chi connectivity index (χ1n) is 9.36. The molecule has 3 rings (SSSR count). The molecule has 2 aliphatic heterocycles. The summed E-state index contributed by atoms with van der Waals surface area (Å²) in [6.45, 7) is 12.6. The summed E-state index contributed by atoms with van der Waals surface area (Å²) in [5.74, 6) is 1.84. The monoisotopic (exact) mass is 333 g/mol. The number of hydrogen-bond donors (Lipinski definition) is 0. The van der Waals surface area contributed by atoms with Gasteiger partial charge >= 0.3 is 0 Å². The molecule has 1 spiro atoms. The van der Waals surface area contributed by atoms with Crippen LogP contribution in [0.25, 0.3) is 0 Å². The van der Waals surface area contributed by atoms with E-state index in [9.17, 15) is 4.79 Å². The van der Waals surface area contributed by atoms with Gasteiger partial charge in [-0.15, -0.1) is 0 Å². The van der Waals surface area contributed by atoms with Crippen molar-refractivity contribution in [1.82, 2.24) is 15.0 Å². The van der Waals surface area contributed by atoms with E-state index in [2.05, 4.69) is 28.8 Å². The number of carbonyl (C=O) groups excluding carboxylic acids is 1. The first-order chi connectivity index (χ1) is 11.4. The average Bonchev–Trinajstić information content (AvgIpc) is 2.90. The van der Waals surface area contributed by atoms with E-state index < -0.39 is 0 Å². The van der Waals surface area contributed by atoms with Crippen LogP contribution in [0, 0.1) is 19.8 Å². The first kappa shape index (κ1) is 17.5. The minimum Gasteiger partial charge on any atom is -0.361 e. The van der Waals surface area contributed by atoms with Crippen molar-refractivity contribution in [2.45, 2.75) is 71.9 Å². The van der Waals surface area contributed by atoms with E-state index in [1.54, 1.807) is 0 Å². The van der Waals surface area contributed by atoms with Gasteiger partial charge in [-0.1, -0.05) is 19.0 Å². The Morgan fingerprint density at radius 2 is 2.00 bits per heavy atom. The molecule has 0 aliphatic carbocycles. The average molecular weight is 333 g/mol. The van der Waals surface area contributed by atoms with Crippen molar-refractivity contribution < 1.29 is 9.32 Å². The lowest BCUT2D eigenvalue weighted by molar-refractivity contribution is -0.132. The van der Waals surface area contributed by atoms with Crippen LogP contribution < -0.4 is 0 Å². The Hall–Kier alpha value is -1.36. The van der Waals surface area contributed by atoms with Crippen LogP contribution in [0.1, 0.15) is 63.0 Å². The summed E-state index contributed by atoms with van der Waals surface area (Å²) in [5.41, 5.74) is 2.05. The number of likely N-dealkylation sites (tertiary alicyclic amines) is 2. The van der Waals surface area contributed by atoms with Gasteiger partial charge in [-0.25, -0.2) is 0 Å². The van der Waals surface area contributed by atoms with E-state index in [0.717, 1.165) is 55.9 Å². The first-order valence-corrected chi connectivity index (χ1v) is 9.36. The maximum Gasteiger partial charge on any atom is 0.223 e. The summed E-state index contributed by atoms with van der Waals surface area (Å²) in [6, 6.07) is 0. The SMILES string of the molecule is Cc1noc(C)c1CN1C(=O)CC[C@@]12CCCN(CC(C)C)CC2. The van der Waals surface area contributed by atoms with E-state index in [1.807, 2.05) is 13.8 Å². The predicted molar refractivity (Wildman–Crippen MR) is 93.6 cm³/mol. The Bertz CT molecular complexity index is 576. The molecule has 3 heterocycles. The van der Waals surface area contributed by atoms with E-state index in [-0.39, 0.29) is 5.54 Å². The highest BCUT2D eigenvalue weighted by molar-refractivity contribution is 5.79. The molecule has 2 saturated heterocycles. The van der Waals surface area contributed by atoms with Crippen molar-refractivity contribution in [3.05, 3.63) is 17.0 Å². The van der Waals surface area contributed by atoms with Gasteiger partial charge in [0.15, 0.2) is 0 Å². The van der Waals surface area contributed by atoms with Gasteiger partial charge < -0.3 is 14.3 Å². The Morgan fingerprint density at radius 3 is 2.67 bits per heavy atom. The Balaban J connectivity index is 1.77. The summed E-state index contributed by atoms with van der Waals surface area (Å²) in [7, 11) is 0. The molecule has 0 N–H and O–H groups in total. The quantitative estimate of drug-likeness (QED) is 0.848. The summed E-state index contributed by atoms with van der Waals surface area (Å²) in [6.07, 6.45) is 5.09. The lowest BCUT2D eigenvalue weighted by Gasteiger charge is -2.38. The number of aromatic nitrogens is 1. The van der Waals surface area contributed by atoms with Crippen molar-refractivity contribution in [3.8, 4) is 0 Å². The van der Waals surface area contributed by atoms with Crippen LogP contribution in [0.2, 0.25) is 0 Å². The fourth-order valence-electron chi connectivity index (χ4n) is 4.47. The normalized spacial score (nSPS) is 25.9. The lowest BCUT2D eigenvalue weighted by atomic mass is 9.87. The van der Waals surface area contributed by atoms with Crippen LogP contribution in [-0.4, -0.2) is 46.0 Å². The van der Waals surface area contributed by atoms with E-state index in [1.165, 1.54) is 6.42 Å². The summed E-state index contributed by atoms with van der Waals surface area (Å²) < 4.78 is 5.31. The molecule has 0 radical (unpaired) electrons.